The summed E-state index contributed by atoms with van der Waals surface area (Å²) in [6.07, 6.45) is 1.57. The van der Waals surface area contributed by atoms with E-state index in [-0.39, 0.29) is 0 Å². The number of fused-ring (bicyclic) bond motifs is 4. The van der Waals surface area contributed by atoms with Crippen LogP contribution >= 0.6 is 0 Å². The van der Waals surface area contributed by atoms with Crippen LogP contribution in [0.1, 0.15) is 0 Å². The van der Waals surface area contributed by atoms with Gasteiger partial charge in [-0.1, -0.05) is 54.6 Å². The normalized spacial score (nSPS) is 10.7. The summed E-state index contributed by atoms with van der Waals surface area (Å²) in [7, 11) is 0. The minimum absolute atomic E-state index is 0.900. The second-order valence-electron chi connectivity index (χ2n) is 4.97. The van der Waals surface area contributed by atoms with Crippen molar-refractivity contribution in [3.63, 3.8) is 0 Å². The second-order valence-corrected chi connectivity index (χ2v) is 4.97. The number of hydrogen-bond donors (Lipinski definition) is 0. The molecule has 0 aliphatic rings. The molecule has 0 bridgehead atoms. The molecule has 3 aromatic carbocycles. The predicted octanol–water partition coefficient (Wildman–Crippen LogP) is 5.82. The highest BCUT2D eigenvalue weighted by Crippen LogP contribution is 2.27. The monoisotopic (exact) mass is 285 g/mol. The van der Waals surface area contributed by atoms with Gasteiger partial charge in [0.05, 0.1) is 6.26 Å². The van der Waals surface area contributed by atoms with E-state index >= 15 is 0 Å². The number of hydrogen-bond acceptors (Lipinski definition) is 2. The number of benzene rings is 3. The Hall–Kier alpha value is -3.00. The van der Waals surface area contributed by atoms with Gasteiger partial charge in [-0.15, -0.1) is 0 Å². The van der Waals surface area contributed by atoms with Gasteiger partial charge in [0, 0.05) is 22.2 Å². The largest absolute Gasteiger partial charge is 0.464 e. The molecule has 22 heavy (non-hydrogen) atoms. The first-order valence-corrected chi connectivity index (χ1v) is 7.12. The zero-order valence-electron chi connectivity index (χ0n) is 11.8. The average Bonchev–Trinajstić information content (AvgIpc) is 3.19. The zero-order chi connectivity index (χ0) is 14.8. The minimum atomic E-state index is 0.900. The third kappa shape index (κ3) is 2.25. The first-order chi connectivity index (χ1) is 10.9. The summed E-state index contributed by atoms with van der Waals surface area (Å²) >= 11 is 0. The van der Waals surface area contributed by atoms with Crippen LogP contribution in [0.5, 0.6) is 0 Å². The molecule has 5 aromatic rings. The molecule has 2 aromatic heterocycles. The molecular weight excluding hydrogens is 272 g/mol. The fourth-order valence-corrected chi connectivity index (χ4v) is 2.52. The van der Waals surface area contributed by atoms with Crippen LogP contribution in [0, 0.1) is 6.07 Å². The first kappa shape index (κ1) is 12.7. The molecular formula is C20H13O2. The van der Waals surface area contributed by atoms with Crippen LogP contribution in [0.15, 0.2) is 87.9 Å². The van der Waals surface area contributed by atoms with Crippen LogP contribution in [0.25, 0.3) is 32.9 Å². The van der Waals surface area contributed by atoms with Crippen molar-refractivity contribution in [2.75, 3.05) is 0 Å². The van der Waals surface area contributed by atoms with E-state index in [2.05, 4.69) is 18.2 Å². The summed E-state index contributed by atoms with van der Waals surface area (Å²) in [6.45, 7) is 0. The molecule has 0 atom stereocenters. The van der Waals surface area contributed by atoms with Crippen molar-refractivity contribution in [2.24, 2.45) is 0 Å². The summed E-state index contributed by atoms with van der Waals surface area (Å²) in [5.74, 6) is 0. The van der Waals surface area contributed by atoms with Gasteiger partial charge in [0.15, 0.2) is 0 Å². The summed E-state index contributed by atoms with van der Waals surface area (Å²) in [5.41, 5.74) is 2.82. The van der Waals surface area contributed by atoms with Crippen molar-refractivity contribution < 1.29 is 8.83 Å². The summed E-state index contributed by atoms with van der Waals surface area (Å²) < 4.78 is 10.7. The molecule has 0 saturated heterocycles. The van der Waals surface area contributed by atoms with Gasteiger partial charge in [-0.05, 0) is 18.2 Å². The molecule has 0 spiro atoms. The highest BCUT2D eigenvalue weighted by Gasteiger charge is 2.03. The van der Waals surface area contributed by atoms with Gasteiger partial charge in [-0.25, -0.2) is 0 Å². The molecule has 0 N–H and O–H groups in total. The maximum Gasteiger partial charge on any atom is 0.135 e. The van der Waals surface area contributed by atoms with Gasteiger partial charge in [-0.2, -0.15) is 0 Å². The zero-order valence-corrected chi connectivity index (χ0v) is 11.8. The molecule has 0 aliphatic heterocycles. The molecule has 0 unspecified atom stereocenters. The van der Waals surface area contributed by atoms with Gasteiger partial charge >= 0.3 is 0 Å². The lowest BCUT2D eigenvalue weighted by molar-refractivity contribution is 0.615. The maximum absolute atomic E-state index is 5.65. The first-order valence-electron chi connectivity index (χ1n) is 7.12. The van der Waals surface area contributed by atoms with Gasteiger partial charge in [0.2, 0.25) is 0 Å². The van der Waals surface area contributed by atoms with E-state index in [9.17, 15) is 0 Å². The molecule has 0 saturated carbocycles. The highest BCUT2D eigenvalue weighted by atomic mass is 16.3. The molecule has 0 aliphatic carbocycles. The Kier molecular flexibility index (Phi) is 3.13. The van der Waals surface area contributed by atoms with Crippen molar-refractivity contribution in [3.8, 4) is 0 Å². The molecule has 2 nitrogen and oxygen atoms in total. The summed E-state index contributed by atoms with van der Waals surface area (Å²) in [4.78, 5) is 0. The van der Waals surface area contributed by atoms with E-state index in [0.29, 0.717) is 0 Å². The second kappa shape index (κ2) is 5.41. The standard InChI is InChI=1S/C12H8O.C8H5O/c1-3-7-11-9(5-1)10-6-2-4-8-12(10)13-11;1-2-4-8-7(3-1)5-6-9-8/h1-8H;1-4,6H. The molecule has 105 valence electrons. The van der Waals surface area contributed by atoms with Crippen molar-refractivity contribution >= 4 is 32.9 Å². The Morgan fingerprint density at radius 3 is 1.77 bits per heavy atom. The van der Waals surface area contributed by atoms with E-state index in [1.54, 1.807) is 6.26 Å². The Balaban J connectivity index is 0.000000122. The smallest absolute Gasteiger partial charge is 0.135 e. The minimum Gasteiger partial charge on any atom is -0.464 e. The summed E-state index contributed by atoms with van der Waals surface area (Å²) in [6, 6.07) is 27.0. The van der Waals surface area contributed by atoms with E-state index in [1.807, 2.05) is 60.7 Å². The molecule has 5 rings (SSSR count). The molecule has 0 fully saturated rings. The molecule has 2 heterocycles. The third-order valence-electron chi connectivity index (χ3n) is 3.57. The van der Waals surface area contributed by atoms with Crippen molar-refractivity contribution in [2.45, 2.75) is 0 Å². The van der Waals surface area contributed by atoms with Crippen molar-refractivity contribution in [3.05, 3.63) is 85.1 Å². The SMILES string of the molecule is [c]1coc2ccccc12.c1ccc2c(c1)oc1ccccc12. The van der Waals surface area contributed by atoms with Crippen LogP contribution in [-0.2, 0) is 0 Å². The van der Waals surface area contributed by atoms with Crippen LogP contribution < -0.4 is 0 Å². The van der Waals surface area contributed by atoms with E-state index in [0.717, 1.165) is 22.1 Å². The van der Waals surface area contributed by atoms with Crippen LogP contribution in [0.4, 0.5) is 0 Å². The number of para-hydroxylation sites is 3. The van der Waals surface area contributed by atoms with Crippen LogP contribution in [0.2, 0.25) is 0 Å². The lowest BCUT2D eigenvalue weighted by Gasteiger charge is -1.85. The number of furan rings is 2. The highest BCUT2D eigenvalue weighted by molar-refractivity contribution is 6.04. The lowest BCUT2D eigenvalue weighted by atomic mass is 10.2. The fraction of sp³-hybridized carbons (Fsp3) is 0. The Labute approximate surface area is 127 Å². The fourth-order valence-electron chi connectivity index (χ4n) is 2.52. The van der Waals surface area contributed by atoms with Crippen molar-refractivity contribution in [1.29, 1.82) is 0 Å². The van der Waals surface area contributed by atoms with Crippen LogP contribution in [0.3, 0.4) is 0 Å². The lowest BCUT2D eigenvalue weighted by Crippen LogP contribution is -1.62. The topological polar surface area (TPSA) is 26.3 Å². The third-order valence-corrected chi connectivity index (χ3v) is 3.57. The Morgan fingerprint density at radius 2 is 1.14 bits per heavy atom. The van der Waals surface area contributed by atoms with Crippen LogP contribution in [-0.4, -0.2) is 0 Å². The summed E-state index contributed by atoms with van der Waals surface area (Å²) in [5, 5.41) is 3.42. The van der Waals surface area contributed by atoms with E-state index in [4.69, 9.17) is 8.83 Å². The molecule has 1 radical (unpaired) electrons. The van der Waals surface area contributed by atoms with Gasteiger partial charge < -0.3 is 8.83 Å². The molecule has 2 heteroatoms. The van der Waals surface area contributed by atoms with Gasteiger partial charge in [0.1, 0.15) is 16.7 Å². The Bertz CT molecular complexity index is 957. The molecule has 0 amide bonds. The van der Waals surface area contributed by atoms with Crippen molar-refractivity contribution in [1.82, 2.24) is 0 Å². The average molecular weight is 285 g/mol. The number of rotatable bonds is 0. The maximum atomic E-state index is 5.65. The Morgan fingerprint density at radius 1 is 0.591 bits per heavy atom. The quantitative estimate of drug-likeness (QED) is 0.358. The van der Waals surface area contributed by atoms with Gasteiger partial charge in [0.25, 0.3) is 0 Å². The van der Waals surface area contributed by atoms with E-state index in [1.165, 1.54) is 10.8 Å². The predicted molar refractivity (Wildman–Crippen MR) is 88.8 cm³/mol. The van der Waals surface area contributed by atoms with E-state index < -0.39 is 0 Å². The van der Waals surface area contributed by atoms with Gasteiger partial charge in [-0.3, -0.25) is 0 Å².